The number of aromatic amines is 1. The van der Waals surface area contributed by atoms with E-state index in [1.54, 1.807) is 6.92 Å². The van der Waals surface area contributed by atoms with E-state index >= 15 is 0 Å². The summed E-state index contributed by atoms with van der Waals surface area (Å²) in [5.41, 5.74) is 2.31. The quantitative estimate of drug-likeness (QED) is 0.760. The summed E-state index contributed by atoms with van der Waals surface area (Å²) in [6.45, 7) is 4.95. The normalized spacial score (nSPS) is 10.4. The minimum atomic E-state index is -0.294. The molecule has 0 spiro atoms. The maximum Gasteiger partial charge on any atom is 0.313 e. The fourth-order valence-electron chi connectivity index (χ4n) is 1.86. The topological polar surface area (TPSA) is 79.9 Å². The third-order valence-electron chi connectivity index (χ3n) is 2.92. The molecular formula is C15H20N4O2. The van der Waals surface area contributed by atoms with E-state index in [-0.39, 0.29) is 12.4 Å². The Labute approximate surface area is 123 Å². The number of carbonyl (C=O) groups is 1. The summed E-state index contributed by atoms with van der Waals surface area (Å²) in [5, 5.41) is 10.2. The summed E-state index contributed by atoms with van der Waals surface area (Å²) < 4.78 is 4.86. The van der Waals surface area contributed by atoms with Crippen molar-refractivity contribution in [1.82, 2.24) is 15.2 Å². The Bertz CT molecular complexity index is 578. The third-order valence-corrected chi connectivity index (χ3v) is 2.92. The number of nitrogens with zero attached hydrogens (tertiary/aromatic N) is 2. The number of hydrogen-bond acceptors (Lipinski definition) is 5. The van der Waals surface area contributed by atoms with Gasteiger partial charge in [-0.05, 0) is 26.0 Å². The van der Waals surface area contributed by atoms with Crippen LogP contribution in [0.1, 0.15) is 24.1 Å². The molecule has 2 rings (SSSR count). The third kappa shape index (κ3) is 4.91. The highest BCUT2D eigenvalue weighted by molar-refractivity contribution is 5.71. The van der Waals surface area contributed by atoms with Gasteiger partial charge >= 0.3 is 5.97 Å². The molecule has 6 heteroatoms. The molecule has 2 N–H and O–H groups in total. The largest absolute Gasteiger partial charge is 0.466 e. The molecule has 0 atom stereocenters. The van der Waals surface area contributed by atoms with E-state index in [9.17, 15) is 4.79 Å². The molecule has 0 aliphatic carbocycles. The van der Waals surface area contributed by atoms with Gasteiger partial charge in [0.1, 0.15) is 12.2 Å². The van der Waals surface area contributed by atoms with Crippen LogP contribution < -0.4 is 5.32 Å². The zero-order chi connectivity index (χ0) is 15.1. The molecule has 112 valence electrons. The summed E-state index contributed by atoms with van der Waals surface area (Å²) in [7, 11) is 0. The van der Waals surface area contributed by atoms with Crippen molar-refractivity contribution in [2.45, 2.75) is 26.7 Å². The molecule has 6 nitrogen and oxygen atoms in total. The molecule has 1 aromatic carbocycles. The zero-order valence-corrected chi connectivity index (χ0v) is 12.3. The summed E-state index contributed by atoms with van der Waals surface area (Å²) in [5.74, 6) is 0.936. The van der Waals surface area contributed by atoms with Crippen molar-refractivity contribution >= 4 is 11.7 Å². The van der Waals surface area contributed by atoms with Crippen LogP contribution in [0.5, 0.6) is 0 Å². The first-order valence-corrected chi connectivity index (χ1v) is 7.03. The summed E-state index contributed by atoms with van der Waals surface area (Å²) >= 11 is 0. The second-order valence-electron chi connectivity index (χ2n) is 4.72. The van der Waals surface area contributed by atoms with Gasteiger partial charge < -0.3 is 10.1 Å². The van der Waals surface area contributed by atoms with Crippen molar-refractivity contribution < 1.29 is 9.53 Å². The van der Waals surface area contributed by atoms with Crippen LogP contribution in [0.3, 0.4) is 0 Å². The Kier molecular flexibility index (Phi) is 5.31. The van der Waals surface area contributed by atoms with E-state index in [0.717, 1.165) is 12.2 Å². The smallest absolute Gasteiger partial charge is 0.313 e. The Balaban J connectivity index is 1.77. The number of aryl methyl sites for hydroxylation is 1. The number of esters is 1. The van der Waals surface area contributed by atoms with Gasteiger partial charge in [0.25, 0.3) is 0 Å². The molecule has 1 heterocycles. The zero-order valence-electron chi connectivity index (χ0n) is 12.3. The average Bonchev–Trinajstić information content (AvgIpc) is 2.89. The predicted molar refractivity (Wildman–Crippen MR) is 80.1 cm³/mol. The van der Waals surface area contributed by atoms with E-state index < -0.39 is 0 Å². The van der Waals surface area contributed by atoms with Gasteiger partial charge in [0.15, 0.2) is 5.82 Å². The van der Waals surface area contributed by atoms with Gasteiger partial charge in [0.05, 0.1) is 6.61 Å². The molecule has 21 heavy (non-hydrogen) atoms. The van der Waals surface area contributed by atoms with Crippen molar-refractivity contribution in [2.75, 3.05) is 18.5 Å². The summed E-state index contributed by atoms with van der Waals surface area (Å²) in [4.78, 5) is 15.6. The second-order valence-corrected chi connectivity index (χ2v) is 4.72. The molecule has 0 aliphatic rings. The Hall–Kier alpha value is -2.37. The first-order chi connectivity index (χ1) is 10.2. The lowest BCUT2D eigenvalue weighted by atomic mass is 10.2. The molecule has 0 saturated carbocycles. The fourth-order valence-corrected chi connectivity index (χ4v) is 1.86. The maximum atomic E-state index is 11.3. The lowest BCUT2D eigenvalue weighted by Crippen LogP contribution is -2.09. The highest BCUT2D eigenvalue weighted by Crippen LogP contribution is 2.08. The van der Waals surface area contributed by atoms with Crippen LogP contribution in [0.15, 0.2) is 24.3 Å². The molecular weight excluding hydrogens is 268 g/mol. The minimum Gasteiger partial charge on any atom is -0.466 e. The monoisotopic (exact) mass is 288 g/mol. The molecule has 0 saturated heterocycles. The number of H-pyrrole nitrogens is 1. The highest BCUT2D eigenvalue weighted by atomic mass is 16.5. The summed E-state index contributed by atoms with van der Waals surface area (Å²) in [6.07, 6.45) is 0.819. The SMILES string of the molecule is CCOC(=O)Cc1nc(CCNc2ccc(C)cc2)n[nH]1. The van der Waals surface area contributed by atoms with Gasteiger partial charge in [-0.15, -0.1) is 0 Å². The fraction of sp³-hybridized carbons (Fsp3) is 0.400. The molecule has 0 unspecified atom stereocenters. The van der Waals surface area contributed by atoms with Gasteiger partial charge in [-0.1, -0.05) is 17.7 Å². The number of carbonyl (C=O) groups excluding carboxylic acids is 1. The van der Waals surface area contributed by atoms with Gasteiger partial charge in [-0.2, -0.15) is 5.10 Å². The number of rotatable bonds is 7. The number of aromatic nitrogens is 3. The molecule has 0 aliphatic heterocycles. The predicted octanol–water partition coefficient (Wildman–Crippen LogP) is 1.87. The molecule has 0 amide bonds. The van der Waals surface area contributed by atoms with E-state index in [1.165, 1.54) is 5.56 Å². The molecule has 2 aromatic rings. The molecule has 0 fully saturated rings. The summed E-state index contributed by atoms with van der Waals surface area (Å²) in [6, 6.07) is 8.21. The standard InChI is InChI=1S/C15H20N4O2/c1-3-21-15(20)10-14-17-13(18-19-14)8-9-16-12-6-4-11(2)5-7-12/h4-7,16H,3,8-10H2,1-2H3,(H,17,18,19). The first-order valence-electron chi connectivity index (χ1n) is 7.03. The minimum absolute atomic E-state index is 0.131. The second kappa shape index (κ2) is 7.42. The van der Waals surface area contributed by atoms with Crippen LogP contribution in [-0.2, 0) is 22.4 Å². The molecule has 1 aromatic heterocycles. The van der Waals surface area contributed by atoms with Crippen molar-refractivity contribution in [3.05, 3.63) is 41.5 Å². The van der Waals surface area contributed by atoms with Gasteiger partial charge in [-0.3, -0.25) is 9.89 Å². The van der Waals surface area contributed by atoms with Crippen molar-refractivity contribution in [3.8, 4) is 0 Å². The van der Waals surface area contributed by atoms with E-state index in [2.05, 4.69) is 39.6 Å². The van der Waals surface area contributed by atoms with E-state index in [4.69, 9.17) is 4.74 Å². The van der Waals surface area contributed by atoms with E-state index in [0.29, 0.717) is 24.7 Å². The van der Waals surface area contributed by atoms with Crippen LogP contribution in [0.25, 0.3) is 0 Å². The van der Waals surface area contributed by atoms with Crippen LogP contribution in [0, 0.1) is 6.92 Å². The number of benzene rings is 1. The van der Waals surface area contributed by atoms with Crippen LogP contribution in [0.2, 0.25) is 0 Å². The lowest BCUT2D eigenvalue weighted by molar-refractivity contribution is -0.142. The number of ether oxygens (including phenoxy) is 1. The number of anilines is 1. The number of hydrogen-bond donors (Lipinski definition) is 2. The Morgan fingerprint density at radius 2 is 2.10 bits per heavy atom. The first kappa shape index (κ1) is 15.0. The van der Waals surface area contributed by atoms with Crippen molar-refractivity contribution in [2.24, 2.45) is 0 Å². The van der Waals surface area contributed by atoms with Crippen molar-refractivity contribution in [1.29, 1.82) is 0 Å². The van der Waals surface area contributed by atoms with Crippen LogP contribution in [0.4, 0.5) is 5.69 Å². The molecule has 0 radical (unpaired) electrons. The Morgan fingerprint density at radius 1 is 1.33 bits per heavy atom. The van der Waals surface area contributed by atoms with Gasteiger partial charge in [0, 0.05) is 18.7 Å². The Morgan fingerprint density at radius 3 is 2.81 bits per heavy atom. The van der Waals surface area contributed by atoms with E-state index in [1.807, 2.05) is 12.1 Å². The number of nitrogens with one attached hydrogen (secondary N) is 2. The van der Waals surface area contributed by atoms with Crippen LogP contribution in [-0.4, -0.2) is 34.3 Å². The highest BCUT2D eigenvalue weighted by Gasteiger charge is 2.08. The lowest BCUT2D eigenvalue weighted by Gasteiger charge is -2.04. The van der Waals surface area contributed by atoms with Crippen LogP contribution >= 0.6 is 0 Å². The maximum absolute atomic E-state index is 11.3. The average molecular weight is 288 g/mol. The van der Waals surface area contributed by atoms with Gasteiger partial charge in [0.2, 0.25) is 0 Å². The van der Waals surface area contributed by atoms with Crippen molar-refractivity contribution in [3.63, 3.8) is 0 Å². The van der Waals surface area contributed by atoms with Gasteiger partial charge in [-0.25, -0.2) is 4.98 Å². The molecule has 0 bridgehead atoms.